The van der Waals surface area contributed by atoms with Gasteiger partial charge in [0.1, 0.15) is 6.04 Å². The molecule has 184 valence electrons. The summed E-state index contributed by atoms with van der Waals surface area (Å²) in [5, 5.41) is 2.57. The maximum Gasteiger partial charge on any atom is 0.338 e. The van der Waals surface area contributed by atoms with Crippen LogP contribution in [-0.2, 0) is 19.1 Å². The Labute approximate surface area is 203 Å². The summed E-state index contributed by atoms with van der Waals surface area (Å²) < 4.78 is 10.2. The van der Waals surface area contributed by atoms with E-state index in [2.05, 4.69) is 5.32 Å². The van der Waals surface area contributed by atoms with Crippen molar-refractivity contribution in [3.63, 3.8) is 0 Å². The Morgan fingerprint density at radius 2 is 1.51 bits per heavy atom. The highest BCUT2D eigenvalue weighted by molar-refractivity contribution is 6.22. The first kappa shape index (κ1) is 25.6. The van der Waals surface area contributed by atoms with Gasteiger partial charge in [-0.15, -0.1) is 0 Å². The molecule has 1 heterocycles. The number of nitrogens with zero attached hydrogens (tertiary/aromatic N) is 1. The Balaban J connectivity index is 1.60. The van der Waals surface area contributed by atoms with E-state index >= 15 is 0 Å². The number of carbonyl (C=O) groups is 5. The van der Waals surface area contributed by atoms with E-state index in [4.69, 9.17) is 9.47 Å². The molecule has 0 radical (unpaired) electrons. The minimum Gasteiger partial charge on any atom is -0.462 e. The summed E-state index contributed by atoms with van der Waals surface area (Å²) in [4.78, 5) is 63.6. The molecule has 2 aromatic carbocycles. The summed E-state index contributed by atoms with van der Waals surface area (Å²) in [6.07, 6.45) is 2.28. The number of anilines is 1. The number of benzene rings is 2. The molecule has 3 rings (SSSR count). The molecule has 0 fully saturated rings. The zero-order chi connectivity index (χ0) is 25.4. The summed E-state index contributed by atoms with van der Waals surface area (Å²) >= 11 is 0. The molecule has 0 aliphatic carbocycles. The first-order valence-electron chi connectivity index (χ1n) is 11.6. The lowest BCUT2D eigenvalue weighted by atomic mass is 10.1. The molecule has 35 heavy (non-hydrogen) atoms. The van der Waals surface area contributed by atoms with E-state index < -0.39 is 42.3 Å². The Morgan fingerprint density at radius 1 is 0.886 bits per heavy atom. The lowest BCUT2D eigenvalue weighted by molar-refractivity contribution is -0.151. The third kappa shape index (κ3) is 6.11. The van der Waals surface area contributed by atoms with Gasteiger partial charge in [0.2, 0.25) is 0 Å². The van der Waals surface area contributed by atoms with Crippen LogP contribution >= 0.6 is 0 Å². The van der Waals surface area contributed by atoms with Gasteiger partial charge in [-0.25, -0.2) is 9.59 Å². The number of imide groups is 1. The molecule has 0 unspecified atom stereocenters. The number of fused-ring (bicyclic) bond motifs is 1. The Morgan fingerprint density at radius 3 is 2.09 bits per heavy atom. The molecule has 1 aliphatic heterocycles. The minimum absolute atomic E-state index is 0.234. The van der Waals surface area contributed by atoms with Crippen LogP contribution in [-0.4, -0.2) is 53.8 Å². The smallest absolute Gasteiger partial charge is 0.338 e. The van der Waals surface area contributed by atoms with Gasteiger partial charge >= 0.3 is 11.9 Å². The van der Waals surface area contributed by atoms with Crippen molar-refractivity contribution in [1.29, 1.82) is 0 Å². The summed E-state index contributed by atoms with van der Waals surface area (Å²) in [6, 6.07) is 11.4. The second-order valence-corrected chi connectivity index (χ2v) is 8.05. The zero-order valence-corrected chi connectivity index (χ0v) is 19.7. The summed E-state index contributed by atoms with van der Waals surface area (Å²) in [6.45, 7) is 3.55. The van der Waals surface area contributed by atoms with Crippen molar-refractivity contribution in [1.82, 2.24) is 4.90 Å². The third-order valence-electron chi connectivity index (χ3n) is 5.43. The standard InChI is InChI=1S/C26H28N2O7/c1-3-5-10-21(28-23(30)19-8-6-7-9-20(19)24(28)31)26(33)35-16-22(29)27-18-13-11-17(12-14-18)25(32)34-15-4-2/h6-9,11-14,21H,3-5,10,15-16H2,1-2H3,(H,27,29)/t21-/m1/s1. The molecule has 9 nitrogen and oxygen atoms in total. The van der Waals surface area contributed by atoms with Crippen molar-refractivity contribution in [3.8, 4) is 0 Å². The number of nitrogens with one attached hydrogen (secondary N) is 1. The quantitative estimate of drug-likeness (QED) is 0.386. The molecule has 0 spiro atoms. The van der Waals surface area contributed by atoms with E-state index in [1.54, 1.807) is 24.3 Å². The molecular formula is C26H28N2O7. The number of hydrogen-bond donors (Lipinski definition) is 1. The van der Waals surface area contributed by atoms with Gasteiger partial charge in [-0.3, -0.25) is 19.3 Å². The SMILES string of the molecule is CCCC[C@H](C(=O)OCC(=O)Nc1ccc(C(=O)OCCC)cc1)N1C(=O)c2ccccc2C1=O. The molecule has 9 heteroatoms. The van der Waals surface area contributed by atoms with E-state index in [1.165, 1.54) is 24.3 Å². The van der Waals surface area contributed by atoms with Crippen molar-refractivity contribution in [2.75, 3.05) is 18.5 Å². The van der Waals surface area contributed by atoms with Gasteiger partial charge in [0, 0.05) is 5.69 Å². The molecule has 0 aromatic heterocycles. The number of ether oxygens (including phenoxy) is 2. The molecule has 0 saturated heterocycles. The number of amides is 3. The van der Waals surface area contributed by atoms with Crippen LogP contribution in [0, 0.1) is 0 Å². The van der Waals surface area contributed by atoms with E-state index in [0.717, 1.165) is 11.3 Å². The van der Waals surface area contributed by atoms with Crippen LogP contribution in [0.1, 0.15) is 70.6 Å². The summed E-state index contributed by atoms with van der Waals surface area (Å²) in [5.41, 5.74) is 1.24. The van der Waals surface area contributed by atoms with Crippen LogP contribution in [0.25, 0.3) is 0 Å². The maximum absolute atomic E-state index is 12.8. The van der Waals surface area contributed by atoms with Crippen molar-refractivity contribution in [2.24, 2.45) is 0 Å². The molecule has 0 saturated carbocycles. The highest BCUT2D eigenvalue weighted by Crippen LogP contribution is 2.27. The van der Waals surface area contributed by atoms with Crippen LogP contribution < -0.4 is 5.32 Å². The fourth-order valence-electron chi connectivity index (χ4n) is 3.64. The van der Waals surface area contributed by atoms with Crippen molar-refractivity contribution >= 4 is 35.3 Å². The van der Waals surface area contributed by atoms with E-state index in [1.807, 2.05) is 13.8 Å². The second kappa shape index (κ2) is 11.9. The van der Waals surface area contributed by atoms with Gasteiger partial charge in [0.25, 0.3) is 17.7 Å². The third-order valence-corrected chi connectivity index (χ3v) is 5.43. The van der Waals surface area contributed by atoms with Crippen LogP contribution in [0.15, 0.2) is 48.5 Å². The van der Waals surface area contributed by atoms with Gasteiger partial charge in [-0.2, -0.15) is 0 Å². The lowest BCUT2D eigenvalue weighted by Gasteiger charge is -2.24. The van der Waals surface area contributed by atoms with Gasteiger partial charge in [0.05, 0.1) is 23.3 Å². The number of unbranched alkanes of at least 4 members (excludes halogenated alkanes) is 1. The second-order valence-electron chi connectivity index (χ2n) is 8.05. The van der Waals surface area contributed by atoms with Gasteiger partial charge in [-0.1, -0.05) is 38.8 Å². The first-order chi connectivity index (χ1) is 16.9. The Kier molecular flexibility index (Phi) is 8.72. The van der Waals surface area contributed by atoms with Gasteiger partial charge < -0.3 is 14.8 Å². The van der Waals surface area contributed by atoms with E-state index in [0.29, 0.717) is 30.7 Å². The molecular weight excluding hydrogens is 452 g/mol. The number of rotatable bonds is 11. The summed E-state index contributed by atoms with van der Waals surface area (Å²) in [5.74, 6) is -2.98. The molecule has 0 bridgehead atoms. The zero-order valence-electron chi connectivity index (χ0n) is 19.7. The Bertz CT molecular complexity index is 1080. The van der Waals surface area contributed by atoms with Crippen LogP contribution in [0.2, 0.25) is 0 Å². The topological polar surface area (TPSA) is 119 Å². The molecule has 1 atom stereocenters. The molecule has 3 amide bonds. The molecule has 1 N–H and O–H groups in total. The average Bonchev–Trinajstić information content (AvgIpc) is 3.12. The number of esters is 2. The van der Waals surface area contributed by atoms with Crippen molar-refractivity contribution in [3.05, 3.63) is 65.2 Å². The number of hydrogen-bond acceptors (Lipinski definition) is 7. The first-order valence-corrected chi connectivity index (χ1v) is 11.6. The summed E-state index contributed by atoms with van der Waals surface area (Å²) in [7, 11) is 0. The van der Waals surface area contributed by atoms with Crippen LogP contribution in [0.4, 0.5) is 5.69 Å². The van der Waals surface area contributed by atoms with Gasteiger partial charge in [0.15, 0.2) is 6.61 Å². The number of carbonyl (C=O) groups excluding carboxylic acids is 5. The van der Waals surface area contributed by atoms with E-state index in [-0.39, 0.29) is 17.5 Å². The van der Waals surface area contributed by atoms with Gasteiger partial charge in [-0.05, 0) is 49.2 Å². The highest BCUT2D eigenvalue weighted by Gasteiger charge is 2.43. The normalized spacial score (nSPS) is 13.3. The fourth-order valence-corrected chi connectivity index (χ4v) is 3.64. The minimum atomic E-state index is -1.12. The lowest BCUT2D eigenvalue weighted by Crippen LogP contribution is -2.46. The Hall–Kier alpha value is -4.01. The molecule has 1 aliphatic rings. The average molecular weight is 481 g/mol. The van der Waals surface area contributed by atoms with Crippen molar-refractivity contribution in [2.45, 2.75) is 45.6 Å². The monoisotopic (exact) mass is 480 g/mol. The van der Waals surface area contributed by atoms with Crippen LogP contribution in [0.3, 0.4) is 0 Å². The van der Waals surface area contributed by atoms with Crippen molar-refractivity contribution < 1.29 is 33.4 Å². The predicted octanol–water partition coefficient (Wildman–Crippen LogP) is 3.59. The highest BCUT2D eigenvalue weighted by atomic mass is 16.5. The van der Waals surface area contributed by atoms with E-state index in [9.17, 15) is 24.0 Å². The molecule has 2 aromatic rings. The maximum atomic E-state index is 12.8. The van der Waals surface area contributed by atoms with Crippen LogP contribution in [0.5, 0.6) is 0 Å². The largest absolute Gasteiger partial charge is 0.462 e. The predicted molar refractivity (Wildman–Crippen MR) is 127 cm³/mol. The fraction of sp³-hybridized carbons (Fsp3) is 0.346.